The van der Waals surface area contributed by atoms with Crippen LogP contribution in [0, 0.1) is 0 Å². The Kier molecular flexibility index (Phi) is 6.95. The number of rotatable bonds is 7. The molecule has 2 unspecified atom stereocenters. The molecule has 2 heterocycles. The molecule has 1 fully saturated rings. The maximum Gasteiger partial charge on any atom is 0.225 e. The number of halogens is 1. The first-order valence-corrected chi connectivity index (χ1v) is 12.2. The second kappa shape index (κ2) is 9.73. The van der Waals surface area contributed by atoms with Crippen molar-refractivity contribution in [3.8, 4) is 0 Å². The second-order valence-electron chi connectivity index (χ2n) is 9.58. The minimum absolute atomic E-state index is 0.106. The summed E-state index contributed by atoms with van der Waals surface area (Å²) < 4.78 is 2.01. The summed E-state index contributed by atoms with van der Waals surface area (Å²) in [6.45, 7) is 9.07. The monoisotopic (exact) mass is 470 g/mol. The van der Waals surface area contributed by atoms with Gasteiger partial charge in [0.25, 0.3) is 0 Å². The highest BCUT2D eigenvalue weighted by Crippen LogP contribution is 2.32. The summed E-state index contributed by atoms with van der Waals surface area (Å²) in [5.41, 5.74) is 16.7. The molecule has 0 bridgehead atoms. The zero-order chi connectivity index (χ0) is 23.7. The van der Waals surface area contributed by atoms with Gasteiger partial charge in [-0.2, -0.15) is 10.1 Å². The van der Waals surface area contributed by atoms with Gasteiger partial charge in [-0.05, 0) is 50.3 Å². The lowest BCUT2D eigenvalue weighted by atomic mass is 9.91. The van der Waals surface area contributed by atoms with Crippen LogP contribution in [0.2, 0.25) is 5.02 Å². The maximum absolute atomic E-state index is 6.39. The first-order chi connectivity index (χ1) is 15.7. The smallest absolute Gasteiger partial charge is 0.225 e. The number of nitrogen functional groups attached to an aromatic ring is 1. The van der Waals surface area contributed by atoms with E-state index in [9.17, 15) is 0 Å². The van der Waals surface area contributed by atoms with Gasteiger partial charge >= 0.3 is 0 Å². The van der Waals surface area contributed by atoms with Crippen LogP contribution in [0.25, 0.3) is 11.0 Å². The highest BCUT2D eigenvalue weighted by molar-refractivity contribution is 6.33. The van der Waals surface area contributed by atoms with E-state index < -0.39 is 0 Å². The summed E-state index contributed by atoms with van der Waals surface area (Å²) in [4.78, 5) is 9.82. The van der Waals surface area contributed by atoms with Gasteiger partial charge in [0, 0.05) is 24.7 Å². The Labute approximate surface area is 200 Å². The lowest BCUT2D eigenvalue weighted by Crippen LogP contribution is -2.43. The number of nitrogens with one attached hydrogen (secondary N) is 2. The summed E-state index contributed by atoms with van der Waals surface area (Å²) >= 11 is 6.09. The Balaban J connectivity index is 1.76. The summed E-state index contributed by atoms with van der Waals surface area (Å²) in [6.07, 6.45) is 4.39. The van der Waals surface area contributed by atoms with E-state index in [1.807, 2.05) is 22.9 Å². The van der Waals surface area contributed by atoms with Gasteiger partial charge in [-0.3, -0.25) is 4.68 Å². The van der Waals surface area contributed by atoms with Gasteiger partial charge in [-0.1, -0.05) is 44.4 Å². The van der Waals surface area contributed by atoms with E-state index in [0.717, 1.165) is 41.0 Å². The number of hydrogen-bond donors (Lipinski definition) is 4. The van der Waals surface area contributed by atoms with Crippen molar-refractivity contribution >= 4 is 40.1 Å². The van der Waals surface area contributed by atoms with Crippen molar-refractivity contribution in [2.45, 2.75) is 84.0 Å². The first kappa shape index (κ1) is 23.6. The minimum Gasteiger partial charge on any atom is -0.398 e. The molecule has 0 radical (unpaired) electrons. The van der Waals surface area contributed by atoms with Crippen LogP contribution in [0.3, 0.4) is 0 Å². The largest absolute Gasteiger partial charge is 0.398 e. The molecule has 3 aromatic rings. The zero-order valence-corrected chi connectivity index (χ0v) is 20.7. The number of nitrogens with two attached hydrogens (primary N) is 2. The van der Waals surface area contributed by atoms with E-state index in [1.54, 1.807) is 0 Å². The molecule has 0 amide bonds. The molecule has 2 atom stereocenters. The molecule has 2 aromatic heterocycles. The quantitative estimate of drug-likeness (QED) is 0.356. The molecule has 6 N–H and O–H groups in total. The number of hydrogen-bond acceptors (Lipinski definition) is 7. The molecule has 1 aliphatic carbocycles. The van der Waals surface area contributed by atoms with Crippen molar-refractivity contribution in [2.75, 3.05) is 16.4 Å². The number of anilines is 3. The Morgan fingerprint density at radius 3 is 2.58 bits per heavy atom. The molecule has 4 rings (SSSR count). The highest BCUT2D eigenvalue weighted by Gasteiger charge is 2.25. The number of benzene rings is 1. The predicted molar refractivity (Wildman–Crippen MR) is 137 cm³/mol. The Hall–Kier alpha value is -2.58. The predicted octanol–water partition coefficient (Wildman–Crippen LogP) is 5.06. The third-order valence-corrected chi connectivity index (χ3v) is 6.61. The summed E-state index contributed by atoms with van der Waals surface area (Å²) in [5, 5.41) is 12.5. The summed E-state index contributed by atoms with van der Waals surface area (Å²) in [6, 6.07) is 6.10. The fourth-order valence-corrected chi connectivity index (χ4v) is 4.53. The van der Waals surface area contributed by atoms with Crippen molar-refractivity contribution in [1.29, 1.82) is 0 Å². The van der Waals surface area contributed by atoms with E-state index in [-0.39, 0.29) is 24.0 Å². The molecule has 0 aliphatic heterocycles. The molecule has 9 heteroatoms. The molecule has 0 spiro atoms. The fourth-order valence-electron chi connectivity index (χ4n) is 4.41. The van der Waals surface area contributed by atoms with Crippen LogP contribution >= 0.6 is 11.6 Å². The lowest BCUT2D eigenvalue weighted by Gasteiger charge is -2.29. The molecule has 1 aromatic carbocycles. The van der Waals surface area contributed by atoms with Gasteiger partial charge in [0.1, 0.15) is 11.0 Å². The highest BCUT2D eigenvalue weighted by atomic mass is 35.5. The number of nitrogens with zero attached hydrogens (tertiary/aromatic N) is 4. The fraction of sp³-hybridized carbons (Fsp3) is 0.542. The molecule has 33 heavy (non-hydrogen) atoms. The SMILES string of the molecule is CC(C)c1nn(C(C)C)c2c(NCc3ccc(Cl)c(N)c3)nc(NC3CCCCC3N)nc12. The second-order valence-corrected chi connectivity index (χ2v) is 9.99. The van der Waals surface area contributed by atoms with Crippen LogP contribution in [0.4, 0.5) is 17.5 Å². The van der Waals surface area contributed by atoms with Crippen LogP contribution < -0.4 is 22.1 Å². The Morgan fingerprint density at radius 1 is 1.15 bits per heavy atom. The van der Waals surface area contributed by atoms with E-state index in [1.165, 1.54) is 12.8 Å². The molecule has 178 valence electrons. The van der Waals surface area contributed by atoms with Gasteiger partial charge in [0.05, 0.1) is 16.4 Å². The van der Waals surface area contributed by atoms with E-state index in [2.05, 4.69) is 38.3 Å². The minimum atomic E-state index is 0.106. The third-order valence-electron chi connectivity index (χ3n) is 6.26. The van der Waals surface area contributed by atoms with Crippen molar-refractivity contribution in [3.63, 3.8) is 0 Å². The van der Waals surface area contributed by atoms with Gasteiger partial charge in [0.15, 0.2) is 5.82 Å². The first-order valence-electron chi connectivity index (χ1n) is 11.8. The van der Waals surface area contributed by atoms with Gasteiger partial charge in [-0.15, -0.1) is 0 Å². The van der Waals surface area contributed by atoms with Gasteiger partial charge in [0.2, 0.25) is 5.95 Å². The lowest BCUT2D eigenvalue weighted by molar-refractivity contribution is 0.402. The average Bonchev–Trinajstić information content (AvgIpc) is 3.16. The average molecular weight is 471 g/mol. The van der Waals surface area contributed by atoms with E-state index >= 15 is 0 Å². The molecule has 1 saturated carbocycles. The third kappa shape index (κ3) is 5.01. The van der Waals surface area contributed by atoms with Crippen LogP contribution in [0.1, 0.15) is 76.6 Å². The summed E-state index contributed by atoms with van der Waals surface area (Å²) in [7, 11) is 0. The van der Waals surface area contributed by atoms with Crippen molar-refractivity contribution in [1.82, 2.24) is 19.7 Å². The maximum atomic E-state index is 6.39. The Bertz CT molecular complexity index is 1120. The van der Waals surface area contributed by atoms with Crippen LogP contribution in [0.5, 0.6) is 0 Å². The molecular formula is C24H35ClN8. The zero-order valence-electron chi connectivity index (χ0n) is 19.9. The number of aromatic nitrogens is 4. The van der Waals surface area contributed by atoms with E-state index in [4.69, 9.17) is 38.1 Å². The van der Waals surface area contributed by atoms with Crippen LogP contribution in [-0.2, 0) is 6.54 Å². The van der Waals surface area contributed by atoms with Crippen molar-refractivity contribution in [3.05, 3.63) is 34.5 Å². The molecule has 0 saturated heterocycles. The molecular weight excluding hydrogens is 436 g/mol. The number of fused-ring (bicyclic) bond motifs is 1. The van der Waals surface area contributed by atoms with Crippen molar-refractivity contribution < 1.29 is 0 Å². The standard InChI is InChI=1S/C24H35ClN8/c1-13(2)20-21-22(33(32-20)14(3)4)23(28-12-15-9-10-16(25)18(27)11-15)31-24(30-21)29-19-8-6-5-7-17(19)26/h9-11,13-14,17,19H,5-8,12,26-27H2,1-4H3,(H2,28,29,30,31). The van der Waals surface area contributed by atoms with Crippen LogP contribution in [0.15, 0.2) is 18.2 Å². The normalized spacial score (nSPS) is 18.9. The Morgan fingerprint density at radius 2 is 1.91 bits per heavy atom. The summed E-state index contributed by atoms with van der Waals surface area (Å²) in [5.74, 6) is 1.57. The van der Waals surface area contributed by atoms with Gasteiger partial charge in [-0.25, -0.2) is 4.98 Å². The van der Waals surface area contributed by atoms with Crippen molar-refractivity contribution in [2.24, 2.45) is 5.73 Å². The van der Waals surface area contributed by atoms with Crippen LogP contribution in [-0.4, -0.2) is 31.8 Å². The molecule has 8 nitrogen and oxygen atoms in total. The van der Waals surface area contributed by atoms with E-state index in [0.29, 0.717) is 23.2 Å². The molecule has 1 aliphatic rings. The van der Waals surface area contributed by atoms with Gasteiger partial charge < -0.3 is 22.1 Å². The topological polar surface area (TPSA) is 120 Å².